The number of hydrogen-bond acceptors (Lipinski definition) is 5. The van der Waals surface area contributed by atoms with E-state index in [9.17, 15) is 0 Å². The monoisotopic (exact) mass is 272 g/mol. The molecule has 0 aromatic carbocycles. The maximum atomic E-state index is 8.96. The van der Waals surface area contributed by atoms with Crippen LogP contribution in [0.2, 0.25) is 0 Å². The first-order chi connectivity index (χ1) is 9.22. The normalized spacial score (nSPS) is 19.0. The van der Waals surface area contributed by atoms with E-state index < -0.39 is 0 Å². The maximum absolute atomic E-state index is 8.96. The van der Waals surface area contributed by atoms with Crippen LogP contribution in [0.5, 0.6) is 0 Å². The van der Waals surface area contributed by atoms with Crippen molar-refractivity contribution in [2.24, 2.45) is 0 Å². The third-order valence-corrected chi connectivity index (χ3v) is 5.04. The molecule has 1 atom stereocenters. The fourth-order valence-corrected chi connectivity index (χ4v) is 3.81. The first-order valence-corrected chi connectivity index (χ1v) is 7.38. The molecule has 0 radical (unpaired) electrons. The Balaban J connectivity index is 2.12. The summed E-state index contributed by atoms with van der Waals surface area (Å²) >= 11 is 1.72. The second kappa shape index (κ2) is 4.78. The Morgan fingerprint density at radius 1 is 1.47 bits per heavy atom. The van der Waals surface area contributed by atoms with Gasteiger partial charge in [0, 0.05) is 17.5 Å². The van der Waals surface area contributed by atoms with E-state index in [2.05, 4.69) is 34.8 Å². The highest BCUT2D eigenvalue weighted by Gasteiger charge is 2.28. The average Bonchev–Trinajstić information content (AvgIpc) is 2.96. The molecule has 0 amide bonds. The number of anilines is 1. The predicted octanol–water partition coefficient (Wildman–Crippen LogP) is 3.19. The van der Waals surface area contributed by atoms with Crippen molar-refractivity contribution >= 4 is 27.4 Å². The van der Waals surface area contributed by atoms with Crippen LogP contribution in [0.1, 0.15) is 29.7 Å². The molecule has 0 saturated carbocycles. The smallest absolute Gasteiger partial charge is 0.141 e. The number of aryl methyl sites for hydroxylation is 2. The van der Waals surface area contributed by atoms with Gasteiger partial charge in [-0.15, -0.1) is 11.3 Å². The van der Waals surface area contributed by atoms with Crippen molar-refractivity contribution in [3.05, 3.63) is 16.8 Å². The summed E-state index contributed by atoms with van der Waals surface area (Å²) in [7, 11) is 0. The van der Waals surface area contributed by atoms with Gasteiger partial charge in [-0.25, -0.2) is 9.97 Å². The van der Waals surface area contributed by atoms with Crippen molar-refractivity contribution in [2.75, 3.05) is 11.4 Å². The molecule has 3 heterocycles. The minimum Gasteiger partial charge on any atom is -0.352 e. The second-order valence-corrected chi connectivity index (χ2v) is 6.22. The lowest BCUT2D eigenvalue weighted by Gasteiger charge is -2.24. The summed E-state index contributed by atoms with van der Waals surface area (Å²) in [5.41, 5.74) is 1.28. The van der Waals surface area contributed by atoms with Gasteiger partial charge >= 0.3 is 0 Å². The quantitative estimate of drug-likeness (QED) is 0.842. The summed E-state index contributed by atoms with van der Waals surface area (Å²) in [6.07, 6.45) is 4.45. The number of nitrogens with zero attached hydrogens (tertiary/aromatic N) is 4. The standard InChI is InChI=1S/C14H16N4S/c1-9-10(2)19-14-12(9)13(16-8-17-14)18-7-3-4-11(18)5-6-15/h8,11H,3-5,7H2,1-2H3. The molecule has 1 fully saturated rings. The molecule has 0 N–H and O–H groups in total. The van der Waals surface area contributed by atoms with Gasteiger partial charge in [-0.05, 0) is 32.3 Å². The zero-order valence-electron chi connectivity index (χ0n) is 11.2. The third-order valence-electron chi connectivity index (χ3n) is 3.92. The fraction of sp³-hybridized carbons (Fsp3) is 0.500. The lowest BCUT2D eigenvalue weighted by molar-refractivity contribution is 0.678. The minimum absolute atomic E-state index is 0.308. The van der Waals surface area contributed by atoms with Gasteiger partial charge in [-0.3, -0.25) is 0 Å². The molecule has 1 saturated heterocycles. The van der Waals surface area contributed by atoms with E-state index in [1.54, 1.807) is 17.7 Å². The fourth-order valence-electron chi connectivity index (χ4n) is 2.81. The minimum atomic E-state index is 0.308. The molecule has 4 nitrogen and oxygen atoms in total. The maximum Gasteiger partial charge on any atom is 0.141 e. The number of fused-ring (bicyclic) bond motifs is 1. The van der Waals surface area contributed by atoms with E-state index in [1.165, 1.54) is 15.8 Å². The highest BCUT2D eigenvalue weighted by atomic mass is 32.1. The van der Waals surface area contributed by atoms with Gasteiger partial charge in [-0.2, -0.15) is 5.26 Å². The van der Waals surface area contributed by atoms with E-state index >= 15 is 0 Å². The molecule has 0 bridgehead atoms. The topological polar surface area (TPSA) is 52.8 Å². The van der Waals surface area contributed by atoms with Crippen LogP contribution in [-0.4, -0.2) is 22.6 Å². The number of thiophene rings is 1. The van der Waals surface area contributed by atoms with Gasteiger partial charge in [-0.1, -0.05) is 0 Å². The third kappa shape index (κ3) is 1.96. The van der Waals surface area contributed by atoms with Crippen molar-refractivity contribution in [2.45, 2.75) is 39.2 Å². The molecular formula is C14H16N4S. The van der Waals surface area contributed by atoms with Crippen LogP contribution in [0.25, 0.3) is 10.2 Å². The molecule has 2 aromatic heterocycles. The van der Waals surface area contributed by atoms with Gasteiger partial charge in [0.15, 0.2) is 0 Å². The lowest BCUT2D eigenvalue weighted by atomic mass is 10.1. The van der Waals surface area contributed by atoms with Crippen LogP contribution in [0, 0.1) is 25.2 Å². The number of aromatic nitrogens is 2. The Labute approximate surface area is 116 Å². The number of rotatable bonds is 2. The van der Waals surface area contributed by atoms with E-state index in [0.29, 0.717) is 12.5 Å². The van der Waals surface area contributed by atoms with Crippen LogP contribution >= 0.6 is 11.3 Å². The molecule has 5 heteroatoms. The number of nitriles is 1. The highest BCUT2D eigenvalue weighted by Crippen LogP contribution is 2.37. The Hall–Kier alpha value is -1.67. The van der Waals surface area contributed by atoms with Gasteiger partial charge in [0.1, 0.15) is 17.0 Å². The molecule has 0 spiro atoms. The summed E-state index contributed by atoms with van der Waals surface area (Å²) in [4.78, 5) is 13.5. The van der Waals surface area contributed by atoms with Crippen LogP contribution in [0.4, 0.5) is 5.82 Å². The van der Waals surface area contributed by atoms with Gasteiger partial charge in [0.2, 0.25) is 0 Å². The first-order valence-electron chi connectivity index (χ1n) is 6.56. The van der Waals surface area contributed by atoms with E-state index in [1.807, 2.05) is 0 Å². The molecule has 1 aliphatic heterocycles. The van der Waals surface area contributed by atoms with Crippen molar-refractivity contribution in [3.8, 4) is 6.07 Å². The van der Waals surface area contributed by atoms with Crippen molar-refractivity contribution in [1.29, 1.82) is 5.26 Å². The van der Waals surface area contributed by atoms with Crippen molar-refractivity contribution in [1.82, 2.24) is 9.97 Å². The Bertz CT molecular complexity index is 655. The van der Waals surface area contributed by atoms with Crippen LogP contribution in [0.3, 0.4) is 0 Å². The second-order valence-electron chi connectivity index (χ2n) is 5.01. The summed E-state index contributed by atoms with van der Waals surface area (Å²) in [5, 5.41) is 10.1. The molecular weight excluding hydrogens is 256 g/mol. The van der Waals surface area contributed by atoms with Gasteiger partial charge < -0.3 is 4.90 Å². The molecule has 2 aromatic rings. The zero-order valence-corrected chi connectivity index (χ0v) is 12.0. The largest absolute Gasteiger partial charge is 0.352 e. The zero-order chi connectivity index (χ0) is 13.4. The summed E-state index contributed by atoms with van der Waals surface area (Å²) < 4.78 is 0. The predicted molar refractivity (Wildman–Crippen MR) is 77.5 cm³/mol. The Kier molecular flexibility index (Phi) is 3.11. The summed E-state index contributed by atoms with van der Waals surface area (Å²) in [5.74, 6) is 1.02. The Morgan fingerprint density at radius 3 is 3.11 bits per heavy atom. The van der Waals surface area contributed by atoms with E-state index in [4.69, 9.17) is 5.26 Å². The van der Waals surface area contributed by atoms with Crippen LogP contribution in [-0.2, 0) is 0 Å². The van der Waals surface area contributed by atoms with E-state index in [-0.39, 0.29) is 0 Å². The highest BCUT2D eigenvalue weighted by molar-refractivity contribution is 7.18. The van der Waals surface area contributed by atoms with Crippen molar-refractivity contribution < 1.29 is 0 Å². The van der Waals surface area contributed by atoms with Gasteiger partial charge in [0.25, 0.3) is 0 Å². The molecule has 98 valence electrons. The lowest BCUT2D eigenvalue weighted by Crippen LogP contribution is -2.29. The SMILES string of the molecule is Cc1sc2ncnc(N3CCCC3CC#N)c2c1C. The molecule has 3 rings (SSSR count). The Morgan fingerprint density at radius 2 is 2.32 bits per heavy atom. The van der Waals surface area contributed by atoms with Crippen LogP contribution < -0.4 is 4.90 Å². The average molecular weight is 272 g/mol. The van der Waals surface area contributed by atoms with Gasteiger partial charge in [0.05, 0.1) is 17.9 Å². The first kappa shape index (κ1) is 12.4. The molecule has 1 unspecified atom stereocenters. The molecule has 19 heavy (non-hydrogen) atoms. The molecule has 0 aliphatic carbocycles. The number of hydrogen-bond donors (Lipinski definition) is 0. The summed E-state index contributed by atoms with van der Waals surface area (Å²) in [6.45, 7) is 5.26. The van der Waals surface area contributed by atoms with Crippen molar-refractivity contribution in [3.63, 3.8) is 0 Å². The van der Waals surface area contributed by atoms with Crippen LogP contribution in [0.15, 0.2) is 6.33 Å². The van der Waals surface area contributed by atoms with E-state index in [0.717, 1.165) is 30.0 Å². The molecule has 1 aliphatic rings. The summed E-state index contributed by atoms with van der Waals surface area (Å²) in [6, 6.07) is 2.60.